The molecule has 1 aliphatic rings. The summed E-state index contributed by atoms with van der Waals surface area (Å²) >= 11 is 7.16. The SMILES string of the molecule is CNC(=O)C[C@@H]1NC(=O)c2csc(n2)-c2ccc(-c3nc(COC(=O)NCCCC(=O)O)cs3)nc2-c2csc(n2)-c2csc(n2)C(C(O)c2ccccc2)NC(=O)CNC(=O)c2nc(sc2COC)[C@H](C(C)C)NC(=O)c2nc1sc2C. The molecule has 0 radical (unpaired) electrons. The van der Waals surface area contributed by atoms with E-state index < -0.39 is 72.4 Å². The van der Waals surface area contributed by atoms with Crippen LogP contribution in [0.2, 0.25) is 0 Å². The lowest BCUT2D eigenvalue weighted by Crippen LogP contribution is -2.40. The molecule has 24 nitrogen and oxygen atoms in total. The molecule has 0 saturated carbocycles. The summed E-state index contributed by atoms with van der Waals surface area (Å²) in [5, 5.41) is 46.5. The lowest BCUT2D eigenvalue weighted by atomic mass is 10.0. The average Bonchev–Trinajstić information content (AvgIpc) is 4.50. The molecule has 1 aliphatic heterocycles. The molecule has 9 rings (SSSR count). The second-order valence-electron chi connectivity index (χ2n) is 18.8. The topological polar surface area (TPSA) is 341 Å². The third-order valence-corrected chi connectivity index (χ3v) is 18.3. The second-order valence-corrected chi connectivity index (χ2v) is 24.6. The summed E-state index contributed by atoms with van der Waals surface area (Å²) in [4.78, 5) is 127. The number of carboxylic acids is 1. The quantitative estimate of drug-likeness (QED) is 0.0491. The smallest absolute Gasteiger partial charge is 0.407 e. The van der Waals surface area contributed by atoms with E-state index >= 15 is 0 Å². The molecule has 432 valence electrons. The number of aliphatic hydroxyl groups excluding tert-OH is 1. The van der Waals surface area contributed by atoms with Crippen molar-refractivity contribution in [2.75, 3.05) is 27.2 Å². The van der Waals surface area contributed by atoms with Crippen molar-refractivity contribution in [2.45, 2.75) is 77.5 Å². The molecular formula is C53H53N13O11S6. The monoisotopic (exact) mass is 1240 g/mol. The predicted molar refractivity (Wildman–Crippen MR) is 312 cm³/mol. The van der Waals surface area contributed by atoms with E-state index in [4.69, 9.17) is 34.5 Å². The summed E-state index contributed by atoms with van der Waals surface area (Å²) < 4.78 is 10.8. The maximum absolute atomic E-state index is 14.3. The normalized spacial score (nSPS) is 16.3. The molecule has 83 heavy (non-hydrogen) atoms. The Hall–Kier alpha value is -7.84. The lowest BCUT2D eigenvalue weighted by molar-refractivity contribution is -0.137. The minimum absolute atomic E-state index is 0.00162. The Balaban J connectivity index is 1.10. The first kappa shape index (κ1) is 59.8. The Kier molecular flexibility index (Phi) is 19.5. The van der Waals surface area contributed by atoms with E-state index in [1.165, 1.54) is 70.8 Å². The van der Waals surface area contributed by atoms with Gasteiger partial charge in [-0.15, -0.1) is 68.0 Å². The van der Waals surface area contributed by atoms with E-state index in [1.54, 1.807) is 70.9 Å². The highest BCUT2D eigenvalue weighted by Crippen LogP contribution is 2.40. The molecule has 0 spiro atoms. The minimum Gasteiger partial charge on any atom is -0.481 e. The van der Waals surface area contributed by atoms with Crippen LogP contribution in [0.5, 0.6) is 0 Å². The number of methoxy groups -OCH3 is 1. The standard InChI is InChI=1S/C53H53N13O11S6/c1-24(2)38-52-66-41(34(83-52)19-76-5)45(73)56-17-36(68)63-42(43(71)26-10-7-6-8-11-26)51-62-33(23-81-51)49-60-31(21-80-49)40-28(13-14-29(58-40)48-57-27(20-78-48)18-77-53(75)55-15-9-12-37(69)70)47-61-32(22-79-47)44(72)59-30(16-35(67)54-4)50-65-39(25(3)82-50)46(74)64-38/h6-8,10-11,13-14,20-24,30,38,42-43,71H,9,12,15-19H2,1-5H3,(H,54,67)(H,55,75)(H,56,73)(H,59,72)(H,63,68)(H,64,74)(H,69,70)/t30-,38-,42?,43?/m0/s1. The zero-order valence-electron chi connectivity index (χ0n) is 44.8. The number of hydrogen-bond acceptors (Lipinski definition) is 23. The summed E-state index contributed by atoms with van der Waals surface area (Å²) in [5.74, 6) is -4.14. The first-order chi connectivity index (χ1) is 40.0. The average molecular weight is 1240 g/mol. The molecule has 7 aromatic heterocycles. The van der Waals surface area contributed by atoms with Crippen molar-refractivity contribution < 1.29 is 53.2 Å². The van der Waals surface area contributed by atoms with Gasteiger partial charge in [-0.05, 0) is 37.0 Å². The van der Waals surface area contributed by atoms with Crippen LogP contribution in [0.1, 0.15) is 125 Å². The van der Waals surface area contributed by atoms with Crippen LogP contribution in [0.25, 0.3) is 43.4 Å². The van der Waals surface area contributed by atoms with E-state index in [9.17, 15) is 38.7 Å². The number of aliphatic hydroxyl groups is 1. The number of alkyl carbamates (subject to hydrolysis) is 1. The number of carbonyl (C=O) groups excluding carboxylic acids is 6. The van der Waals surface area contributed by atoms with Gasteiger partial charge >= 0.3 is 12.1 Å². The van der Waals surface area contributed by atoms with Gasteiger partial charge in [0, 0.05) is 59.1 Å². The molecule has 4 atom stereocenters. The summed E-state index contributed by atoms with van der Waals surface area (Å²) in [6.45, 7) is 4.89. The Morgan fingerprint density at radius 3 is 2.19 bits per heavy atom. The molecule has 10 bridgehead atoms. The number of aryl methyl sites for hydroxylation is 1. The van der Waals surface area contributed by atoms with Crippen molar-refractivity contribution in [3.63, 3.8) is 0 Å². The van der Waals surface area contributed by atoms with Crippen LogP contribution in [0.3, 0.4) is 0 Å². The minimum atomic E-state index is -1.28. The molecule has 6 amide bonds. The number of pyridine rings is 1. The summed E-state index contributed by atoms with van der Waals surface area (Å²) in [7, 11) is 2.93. The van der Waals surface area contributed by atoms with Crippen LogP contribution in [-0.4, -0.2) is 114 Å². The number of ether oxygens (including phenoxy) is 2. The molecule has 0 fully saturated rings. The highest BCUT2D eigenvalue weighted by Gasteiger charge is 2.33. The van der Waals surface area contributed by atoms with Crippen molar-refractivity contribution in [1.82, 2.24) is 66.8 Å². The highest BCUT2D eigenvalue weighted by atomic mass is 32.1. The molecule has 1 aromatic carbocycles. The predicted octanol–water partition coefficient (Wildman–Crippen LogP) is 7.40. The maximum atomic E-state index is 14.3. The van der Waals surface area contributed by atoms with Crippen LogP contribution in [0, 0.1) is 12.8 Å². The van der Waals surface area contributed by atoms with Crippen LogP contribution in [-0.2, 0) is 37.1 Å². The van der Waals surface area contributed by atoms with Crippen molar-refractivity contribution in [3.8, 4) is 43.4 Å². The summed E-state index contributed by atoms with van der Waals surface area (Å²) in [6.07, 6.45) is -2.10. The third-order valence-electron chi connectivity index (χ3n) is 12.5. The number of thiazole rings is 6. The van der Waals surface area contributed by atoms with Crippen molar-refractivity contribution in [2.24, 2.45) is 5.92 Å². The first-order valence-electron chi connectivity index (χ1n) is 25.5. The van der Waals surface area contributed by atoms with E-state index in [2.05, 4.69) is 46.9 Å². The van der Waals surface area contributed by atoms with E-state index in [0.29, 0.717) is 74.4 Å². The zero-order chi connectivity index (χ0) is 58.9. The number of fused-ring (bicyclic) bond motifs is 14. The molecular weight excluding hydrogens is 1190 g/mol. The molecule has 8 N–H and O–H groups in total. The van der Waals surface area contributed by atoms with E-state index in [1.807, 2.05) is 13.8 Å². The number of aliphatic carboxylic acids is 1. The lowest BCUT2D eigenvalue weighted by Gasteiger charge is -2.23. The van der Waals surface area contributed by atoms with Crippen molar-refractivity contribution >= 4 is 110 Å². The highest BCUT2D eigenvalue weighted by molar-refractivity contribution is 7.15. The number of benzene rings is 1. The van der Waals surface area contributed by atoms with Gasteiger partial charge in [-0.3, -0.25) is 28.8 Å². The van der Waals surface area contributed by atoms with Gasteiger partial charge in [0.05, 0.1) is 47.9 Å². The van der Waals surface area contributed by atoms with Gasteiger partial charge in [0.2, 0.25) is 11.8 Å². The summed E-state index contributed by atoms with van der Waals surface area (Å²) in [5.41, 5.74) is 3.10. The largest absolute Gasteiger partial charge is 0.481 e. The van der Waals surface area contributed by atoms with Crippen LogP contribution < -0.4 is 31.9 Å². The van der Waals surface area contributed by atoms with Gasteiger partial charge < -0.3 is 51.6 Å². The number of hydrogen-bond donors (Lipinski definition) is 8. The van der Waals surface area contributed by atoms with E-state index in [-0.39, 0.29) is 67.0 Å². The number of carbonyl (C=O) groups is 7. The van der Waals surface area contributed by atoms with Crippen LogP contribution in [0.15, 0.2) is 64.0 Å². The van der Waals surface area contributed by atoms with Crippen molar-refractivity contribution in [1.29, 1.82) is 0 Å². The van der Waals surface area contributed by atoms with E-state index in [0.717, 1.165) is 11.3 Å². The number of rotatable bonds is 14. The van der Waals surface area contributed by atoms with Crippen LogP contribution >= 0.6 is 68.0 Å². The zero-order valence-corrected chi connectivity index (χ0v) is 49.7. The first-order valence-corrected chi connectivity index (χ1v) is 30.7. The maximum Gasteiger partial charge on any atom is 0.407 e. The Labute approximate surface area is 497 Å². The Morgan fingerprint density at radius 1 is 0.711 bits per heavy atom. The molecule has 8 heterocycles. The molecule has 8 aromatic rings. The Bertz CT molecular complexity index is 3690. The van der Waals surface area contributed by atoms with Crippen LogP contribution in [0.4, 0.5) is 4.79 Å². The van der Waals surface area contributed by atoms with Gasteiger partial charge in [0.25, 0.3) is 17.7 Å². The molecule has 2 unspecified atom stereocenters. The van der Waals surface area contributed by atoms with Gasteiger partial charge in [0.1, 0.15) is 83.0 Å². The summed E-state index contributed by atoms with van der Waals surface area (Å²) in [6, 6.07) is 9.44. The van der Waals surface area contributed by atoms with Gasteiger partial charge in [-0.2, -0.15) is 0 Å². The van der Waals surface area contributed by atoms with Crippen molar-refractivity contribution in [3.05, 3.63) is 117 Å². The van der Waals surface area contributed by atoms with Gasteiger partial charge in [0.15, 0.2) is 0 Å². The molecule has 0 aliphatic carbocycles. The number of aromatic nitrogens is 7. The number of carboxylic acid groups (broad SMARTS) is 1. The number of nitrogens with one attached hydrogen (secondary N) is 6. The fourth-order valence-corrected chi connectivity index (χ4v) is 13.9. The van der Waals surface area contributed by atoms with Gasteiger partial charge in [-0.25, -0.2) is 39.7 Å². The third kappa shape index (κ3) is 14.5. The fraction of sp³-hybridized carbons (Fsp3) is 0.321. The molecule has 0 saturated heterocycles. The van der Waals surface area contributed by atoms with Gasteiger partial charge in [-0.1, -0.05) is 44.2 Å². The fourth-order valence-electron chi connectivity index (χ4n) is 8.30. The number of amides is 6. The number of nitrogens with zero attached hydrogens (tertiary/aromatic N) is 7. The Morgan fingerprint density at radius 2 is 1.43 bits per heavy atom. The second kappa shape index (κ2) is 27.0. The molecule has 30 heteroatoms.